The van der Waals surface area contributed by atoms with E-state index in [4.69, 9.17) is 14.2 Å². The highest BCUT2D eigenvalue weighted by molar-refractivity contribution is 7.09. The van der Waals surface area contributed by atoms with Crippen LogP contribution < -0.4 is 19.1 Å². The van der Waals surface area contributed by atoms with Gasteiger partial charge in [-0.1, -0.05) is 18.2 Å². The second-order valence-electron chi connectivity index (χ2n) is 6.07. The average molecular weight is 381 g/mol. The van der Waals surface area contributed by atoms with Crippen LogP contribution in [0.5, 0.6) is 17.2 Å². The number of hydrogen-bond acceptors (Lipinski definition) is 5. The molecule has 5 nitrogen and oxygen atoms in total. The predicted molar refractivity (Wildman–Crippen MR) is 105 cm³/mol. The summed E-state index contributed by atoms with van der Waals surface area (Å²) >= 11 is 1.62. The Balaban J connectivity index is 1.60. The van der Waals surface area contributed by atoms with Crippen LogP contribution in [0.4, 0.5) is 5.69 Å². The fraction of sp³-hybridized carbons (Fsp3) is 0.190. The number of rotatable bonds is 5. The summed E-state index contributed by atoms with van der Waals surface area (Å²) in [6.07, 6.45) is -0.693. The van der Waals surface area contributed by atoms with E-state index < -0.39 is 6.10 Å². The fourth-order valence-corrected chi connectivity index (χ4v) is 3.62. The van der Waals surface area contributed by atoms with Crippen LogP contribution in [0.2, 0.25) is 0 Å². The number of hydrogen-bond donors (Lipinski definition) is 0. The number of para-hydroxylation sites is 2. The molecule has 1 atom stereocenters. The van der Waals surface area contributed by atoms with E-state index >= 15 is 0 Å². The van der Waals surface area contributed by atoms with Crippen LogP contribution in [-0.2, 0) is 11.3 Å². The number of benzene rings is 2. The third-order valence-electron chi connectivity index (χ3n) is 4.33. The lowest BCUT2D eigenvalue weighted by atomic mass is 10.2. The number of thiophene rings is 1. The lowest BCUT2D eigenvalue weighted by Crippen LogP contribution is -2.46. The van der Waals surface area contributed by atoms with Crippen molar-refractivity contribution < 1.29 is 19.0 Å². The van der Waals surface area contributed by atoms with E-state index in [1.165, 1.54) is 0 Å². The van der Waals surface area contributed by atoms with Crippen LogP contribution >= 0.6 is 11.3 Å². The van der Waals surface area contributed by atoms with Crippen molar-refractivity contribution in [1.82, 2.24) is 0 Å². The van der Waals surface area contributed by atoms with Crippen molar-refractivity contribution >= 4 is 22.9 Å². The number of carbonyl (C=O) groups excluding carboxylic acids is 1. The van der Waals surface area contributed by atoms with Gasteiger partial charge in [-0.3, -0.25) is 4.79 Å². The lowest BCUT2D eigenvalue weighted by Gasteiger charge is -2.30. The van der Waals surface area contributed by atoms with Gasteiger partial charge in [-0.05, 0) is 47.8 Å². The number of carbonyl (C=O) groups is 1. The van der Waals surface area contributed by atoms with E-state index in [-0.39, 0.29) is 12.5 Å². The summed E-state index contributed by atoms with van der Waals surface area (Å²) < 4.78 is 16.9. The highest BCUT2D eigenvalue weighted by Crippen LogP contribution is 2.32. The van der Waals surface area contributed by atoms with E-state index in [1.54, 1.807) is 23.3 Å². The second-order valence-corrected chi connectivity index (χ2v) is 7.10. The lowest BCUT2D eigenvalue weighted by molar-refractivity contribution is -0.127. The molecule has 138 valence electrons. The molecule has 0 spiro atoms. The van der Waals surface area contributed by atoms with Gasteiger partial charge in [0.25, 0.3) is 5.91 Å². The topological polar surface area (TPSA) is 48.0 Å². The van der Waals surface area contributed by atoms with Crippen molar-refractivity contribution in [3.8, 4) is 17.2 Å². The molecule has 27 heavy (non-hydrogen) atoms. The first-order chi connectivity index (χ1) is 13.2. The minimum Gasteiger partial charge on any atom is -0.497 e. The molecule has 0 aliphatic carbocycles. The average Bonchev–Trinajstić information content (AvgIpc) is 3.24. The molecule has 2 aromatic carbocycles. The first-order valence-corrected chi connectivity index (χ1v) is 9.49. The molecule has 1 aliphatic rings. The zero-order valence-electron chi connectivity index (χ0n) is 14.8. The number of ether oxygens (including phenoxy) is 3. The normalized spacial score (nSPS) is 15.2. The van der Waals surface area contributed by atoms with Crippen LogP contribution in [0.3, 0.4) is 0 Å². The van der Waals surface area contributed by atoms with Crippen molar-refractivity contribution in [3.63, 3.8) is 0 Å². The molecule has 1 amide bonds. The van der Waals surface area contributed by atoms with Gasteiger partial charge < -0.3 is 19.1 Å². The smallest absolute Gasteiger partial charge is 0.272 e. The first kappa shape index (κ1) is 17.4. The van der Waals surface area contributed by atoms with Gasteiger partial charge >= 0.3 is 0 Å². The van der Waals surface area contributed by atoms with Gasteiger partial charge in [0.05, 0.1) is 13.7 Å². The third-order valence-corrected chi connectivity index (χ3v) is 5.19. The Morgan fingerprint density at radius 1 is 1.11 bits per heavy atom. The molecule has 1 aliphatic heterocycles. The van der Waals surface area contributed by atoms with Gasteiger partial charge in [0.2, 0.25) is 6.10 Å². The highest BCUT2D eigenvalue weighted by Gasteiger charge is 2.32. The molecule has 0 saturated carbocycles. The van der Waals surface area contributed by atoms with E-state index in [1.807, 2.05) is 66.0 Å². The van der Waals surface area contributed by atoms with Crippen molar-refractivity contribution in [1.29, 1.82) is 0 Å². The summed E-state index contributed by atoms with van der Waals surface area (Å²) in [6, 6.07) is 18.8. The maximum atomic E-state index is 13.3. The summed E-state index contributed by atoms with van der Waals surface area (Å²) in [5, 5.41) is 2.00. The molecule has 0 radical (unpaired) electrons. The monoisotopic (exact) mass is 381 g/mol. The van der Waals surface area contributed by atoms with Crippen molar-refractivity contribution in [2.24, 2.45) is 0 Å². The van der Waals surface area contributed by atoms with E-state index in [2.05, 4.69) is 0 Å². The van der Waals surface area contributed by atoms with E-state index in [0.29, 0.717) is 18.0 Å². The number of nitrogens with zero attached hydrogens (tertiary/aromatic N) is 1. The van der Waals surface area contributed by atoms with Gasteiger partial charge in [-0.25, -0.2) is 0 Å². The molecule has 3 aromatic rings. The van der Waals surface area contributed by atoms with Crippen LogP contribution in [0, 0.1) is 0 Å². The van der Waals surface area contributed by atoms with Gasteiger partial charge in [-0.2, -0.15) is 0 Å². The maximum absolute atomic E-state index is 13.3. The Labute approximate surface area is 161 Å². The van der Waals surface area contributed by atoms with Gasteiger partial charge in [-0.15, -0.1) is 11.3 Å². The largest absolute Gasteiger partial charge is 0.497 e. The number of fused-ring (bicyclic) bond motifs is 1. The highest BCUT2D eigenvalue weighted by atomic mass is 32.1. The quantitative estimate of drug-likeness (QED) is 0.667. The van der Waals surface area contributed by atoms with Gasteiger partial charge in [0, 0.05) is 10.6 Å². The standard InChI is InChI=1S/C21H19NO4S/c1-24-16-10-8-15(9-11-16)22(13-17-5-4-12-27-17)21(23)20-14-25-18-6-2-3-7-19(18)26-20/h2-12,20H,13-14H2,1H3/t20-/m0/s1. The Kier molecular flexibility index (Phi) is 4.98. The van der Waals surface area contributed by atoms with Crippen molar-refractivity contribution in [2.45, 2.75) is 12.6 Å². The Morgan fingerprint density at radius 2 is 1.89 bits per heavy atom. The van der Waals surface area contributed by atoms with Crippen molar-refractivity contribution in [3.05, 3.63) is 70.9 Å². The molecule has 4 rings (SSSR count). The molecule has 0 saturated heterocycles. The molecule has 1 aromatic heterocycles. The summed E-state index contributed by atoms with van der Waals surface area (Å²) in [4.78, 5) is 16.1. The molecule has 0 bridgehead atoms. The van der Waals surface area contributed by atoms with Crippen LogP contribution in [-0.4, -0.2) is 25.7 Å². The molecular formula is C21H19NO4S. The summed E-state index contributed by atoms with van der Waals surface area (Å²) in [5.41, 5.74) is 0.789. The zero-order chi connectivity index (χ0) is 18.6. The third kappa shape index (κ3) is 3.75. The predicted octanol–water partition coefficient (Wildman–Crippen LogP) is 4.13. The van der Waals surface area contributed by atoms with Crippen LogP contribution in [0.1, 0.15) is 4.88 Å². The Morgan fingerprint density at radius 3 is 2.59 bits per heavy atom. The molecule has 0 unspecified atom stereocenters. The minimum absolute atomic E-state index is 0.136. The number of amides is 1. The Hall–Kier alpha value is -2.99. The summed E-state index contributed by atoms with van der Waals surface area (Å²) in [7, 11) is 1.62. The number of anilines is 1. The first-order valence-electron chi connectivity index (χ1n) is 8.61. The fourth-order valence-electron chi connectivity index (χ4n) is 2.93. The minimum atomic E-state index is -0.693. The van der Waals surface area contributed by atoms with E-state index in [9.17, 15) is 4.79 Å². The maximum Gasteiger partial charge on any atom is 0.272 e. The van der Waals surface area contributed by atoms with E-state index in [0.717, 1.165) is 16.3 Å². The molecule has 2 heterocycles. The summed E-state index contributed by atoms with van der Waals surface area (Å²) in [5.74, 6) is 1.86. The SMILES string of the molecule is COc1ccc(N(Cc2cccs2)C(=O)[C@@H]2COc3ccccc3O2)cc1. The zero-order valence-corrected chi connectivity index (χ0v) is 15.6. The molecular weight excluding hydrogens is 362 g/mol. The van der Waals surface area contributed by atoms with Crippen LogP contribution in [0.15, 0.2) is 66.0 Å². The van der Waals surface area contributed by atoms with Crippen LogP contribution in [0.25, 0.3) is 0 Å². The van der Waals surface area contributed by atoms with Gasteiger partial charge in [0.15, 0.2) is 11.5 Å². The van der Waals surface area contributed by atoms with Crippen molar-refractivity contribution in [2.75, 3.05) is 18.6 Å². The number of methoxy groups -OCH3 is 1. The molecule has 6 heteroatoms. The molecule has 0 N–H and O–H groups in total. The Bertz CT molecular complexity index is 908. The van der Waals surface area contributed by atoms with Gasteiger partial charge in [0.1, 0.15) is 12.4 Å². The molecule has 0 fully saturated rings. The second kappa shape index (κ2) is 7.72. The summed E-state index contributed by atoms with van der Waals surface area (Å²) in [6.45, 7) is 0.664.